The average Bonchev–Trinajstić information content (AvgIpc) is 3.40. The maximum atomic E-state index is 13.4. The summed E-state index contributed by atoms with van der Waals surface area (Å²) in [5, 5.41) is 8.17. The van der Waals surface area contributed by atoms with Crippen LogP contribution in [0.4, 0.5) is 0 Å². The number of rotatable bonds is 4. The molecule has 1 aromatic carbocycles. The fraction of sp³-hybridized carbons (Fsp3) is 0.400. The lowest BCUT2D eigenvalue weighted by Crippen LogP contribution is -2.31. The van der Waals surface area contributed by atoms with Gasteiger partial charge in [0, 0.05) is 18.0 Å². The average molecular weight is 366 g/mol. The second kappa shape index (κ2) is 6.98. The highest BCUT2D eigenvalue weighted by molar-refractivity contribution is 6.01. The van der Waals surface area contributed by atoms with Crippen LogP contribution in [0.2, 0.25) is 0 Å². The largest absolute Gasteiger partial charge is 0.360 e. The first kappa shape index (κ1) is 17.5. The number of hydrogen-bond donors (Lipinski definition) is 0. The Morgan fingerprint density at radius 1 is 1.19 bits per heavy atom. The van der Waals surface area contributed by atoms with Crippen LogP contribution in [0, 0.1) is 6.92 Å². The van der Waals surface area contributed by atoms with E-state index in [1.165, 1.54) is 0 Å². The van der Waals surface area contributed by atoms with E-state index < -0.39 is 0 Å². The van der Waals surface area contributed by atoms with Crippen molar-refractivity contribution in [3.63, 3.8) is 0 Å². The number of carbonyl (C=O) groups is 1. The summed E-state index contributed by atoms with van der Waals surface area (Å²) in [6.45, 7) is 6.43. The molecular weight excluding hydrogens is 344 g/mol. The van der Waals surface area contributed by atoms with E-state index in [1.807, 2.05) is 44.2 Å². The van der Waals surface area contributed by atoms with Crippen LogP contribution in [0.5, 0.6) is 0 Å². The van der Waals surface area contributed by atoms with Crippen molar-refractivity contribution in [2.24, 2.45) is 0 Å². The van der Waals surface area contributed by atoms with Gasteiger partial charge in [0.15, 0.2) is 5.82 Å². The molecule has 4 rings (SSSR count). The normalized spacial score (nSPS) is 17.0. The summed E-state index contributed by atoms with van der Waals surface area (Å²) in [5.74, 6) is 1.74. The molecule has 0 unspecified atom stereocenters. The van der Waals surface area contributed by atoms with E-state index in [9.17, 15) is 4.79 Å². The highest BCUT2D eigenvalue weighted by Crippen LogP contribution is 2.35. The molecule has 0 bridgehead atoms. The molecule has 2 aromatic heterocycles. The Hall–Kier alpha value is -2.96. The van der Waals surface area contributed by atoms with Gasteiger partial charge in [-0.25, -0.2) is 0 Å². The van der Waals surface area contributed by atoms with Gasteiger partial charge < -0.3 is 13.9 Å². The monoisotopic (exact) mass is 366 g/mol. The van der Waals surface area contributed by atoms with Crippen LogP contribution in [-0.2, 0) is 0 Å². The first-order valence-corrected chi connectivity index (χ1v) is 9.22. The number of aromatic nitrogens is 3. The number of likely N-dealkylation sites (tertiary alicyclic amines) is 1. The molecule has 1 aliphatic rings. The lowest BCUT2D eigenvalue weighted by molar-refractivity contribution is 0.0709. The van der Waals surface area contributed by atoms with E-state index in [2.05, 4.69) is 15.3 Å². The number of benzene rings is 1. The summed E-state index contributed by atoms with van der Waals surface area (Å²) in [4.78, 5) is 19.7. The lowest BCUT2D eigenvalue weighted by Gasteiger charge is -2.21. The zero-order valence-electron chi connectivity index (χ0n) is 15.7. The van der Waals surface area contributed by atoms with E-state index in [0.29, 0.717) is 35.3 Å². The number of amides is 1. The van der Waals surface area contributed by atoms with Gasteiger partial charge in [0.25, 0.3) is 5.91 Å². The number of aryl methyl sites for hydroxylation is 1. The molecule has 0 N–H and O–H groups in total. The van der Waals surface area contributed by atoms with E-state index in [1.54, 1.807) is 11.8 Å². The van der Waals surface area contributed by atoms with Crippen molar-refractivity contribution in [1.29, 1.82) is 0 Å². The summed E-state index contributed by atoms with van der Waals surface area (Å²) in [7, 11) is 0. The molecule has 0 radical (unpaired) electrons. The molecule has 1 aliphatic heterocycles. The smallest absolute Gasteiger partial charge is 0.260 e. The Morgan fingerprint density at radius 3 is 2.67 bits per heavy atom. The molecular formula is C20H22N4O3. The number of nitrogens with zero attached hydrogens (tertiary/aromatic N) is 4. The van der Waals surface area contributed by atoms with Gasteiger partial charge in [-0.15, -0.1) is 0 Å². The molecule has 1 amide bonds. The van der Waals surface area contributed by atoms with Gasteiger partial charge in [0.1, 0.15) is 23.1 Å². The third-order valence-electron chi connectivity index (χ3n) is 4.90. The molecule has 27 heavy (non-hydrogen) atoms. The second-order valence-corrected chi connectivity index (χ2v) is 7.13. The molecule has 3 heterocycles. The highest BCUT2D eigenvalue weighted by Gasteiger charge is 2.37. The molecule has 0 saturated carbocycles. The van der Waals surface area contributed by atoms with Crippen molar-refractivity contribution < 1.29 is 13.8 Å². The van der Waals surface area contributed by atoms with Crippen LogP contribution in [0.3, 0.4) is 0 Å². The van der Waals surface area contributed by atoms with Crippen LogP contribution in [0.1, 0.15) is 66.5 Å². The Labute approximate surface area is 157 Å². The molecule has 140 valence electrons. The Bertz CT molecular complexity index is 945. The molecule has 7 nitrogen and oxygen atoms in total. The summed E-state index contributed by atoms with van der Waals surface area (Å²) in [6.07, 6.45) is 1.69. The minimum absolute atomic E-state index is 0.112. The zero-order valence-corrected chi connectivity index (χ0v) is 15.7. The van der Waals surface area contributed by atoms with E-state index in [0.717, 1.165) is 18.4 Å². The minimum atomic E-state index is -0.213. The van der Waals surface area contributed by atoms with Crippen molar-refractivity contribution >= 4 is 5.91 Å². The van der Waals surface area contributed by atoms with Crippen LogP contribution in [0.25, 0.3) is 11.3 Å². The topological polar surface area (TPSA) is 85.3 Å². The Kier molecular flexibility index (Phi) is 4.51. The second-order valence-electron chi connectivity index (χ2n) is 7.13. The van der Waals surface area contributed by atoms with Gasteiger partial charge in [-0.05, 0) is 19.8 Å². The first-order valence-electron chi connectivity index (χ1n) is 9.22. The van der Waals surface area contributed by atoms with Crippen LogP contribution >= 0.6 is 0 Å². The maximum Gasteiger partial charge on any atom is 0.260 e. The molecule has 1 fully saturated rings. The molecule has 3 aromatic rings. The van der Waals surface area contributed by atoms with E-state index in [-0.39, 0.29) is 17.9 Å². The minimum Gasteiger partial charge on any atom is -0.360 e. The maximum absolute atomic E-state index is 13.4. The van der Waals surface area contributed by atoms with Gasteiger partial charge in [0.05, 0.1) is 0 Å². The van der Waals surface area contributed by atoms with Crippen LogP contribution in [-0.4, -0.2) is 32.6 Å². The van der Waals surface area contributed by atoms with E-state index >= 15 is 0 Å². The first-order chi connectivity index (χ1) is 13.1. The van der Waals surface area contributed by atoms with Crippen molar-refractivity contribution in [1.82, 2.24) is 20.2 Å². The summed E-state index contributed by atoms with van der Waals surface area (Å²) < 4.78 is 10.8. The fourth-order valence-corrected chi connectivity index (χ4v) is 3.44. The molecule has 1 atom stereocenters. The van der Waals surface area contributed by atoms with E-state index in [4.69, 9.17) is 9.05 Å². The predicted molar refractivity (Wildman–Crippen MR) is 98.1 cm³/mol. The van der Waals surface area contributed by atoms with Crippen LogP contribution < -0.4 is 0 Å². The molecule has 7 heteroatoms. The van der Waals surface area contributed by atoms with Gasteiger partial charge in [-0.2, -0.15) is 4.98 Å². The molecule has 0 aliphatic carbocycles. The Morgan fingerprint density at radius 2 is 1.96 bits per heavy atom. The SMILES string of the molecule is Cc1onc(-c2ccccc2)c1C(=O)N1CCC[C@H]1c1nc(C(C)C)no1. The third-order valence-corrected chi connectivity index (χ3v) is 4.90. The Balaban J connectivity index is 1.67. The van der Waals surface area contributed by atoms with Crippen molar-refractivity contribution in [3.05, 3.63) is 53.4 Å². The standard InChI is InChI=1S/C20H22N4O3/c1-12(2)18-21-19(27-23-18)15-10-7-11-24(15)20(25)16-13(3)26-22-17(16)14-8-5-4-6-9-14/h4-6,8-9,12,15H,7,10-11H2,1-3H3/t15-/m0/s1. The third kappa shape index (κ3) is 3.13. The molecule has 1 saturated heterocycles. The summed E-state index contributed by atoms with van der Waals surface area (Å²) >= 11 is 0. The van der Waals surface area contributed by atoms with Gasteiger partial charge in [0.2, 0.25) is 5.89 Å². The predicted octanol–water partition coefficient (Wildman–Crippen LogP) is 4.13. The van der Waals surface area contributed by atoms with Crippen LogP contribution in [0.15, 0.2) is 39.4 Å². The van der Waals surface area contributed by atoms with Gasteiger partial charge in [-0.1, -0.05) is 54.5 Å². The fourth-order valence-electron chi connectivity index (χ4n) is 3.44. The summed E-state index contributed by atoms with van der Waals surface area (Å²) in [6, 6.07) is 9.38. The number of hydrogen-bond acceptors (Lipinski definition) is 6. The summed E-state index contributed by atoms with van der Waals surface area (Å²) in [5.41, 5.74) is 1.92. The van der Waals surface area contributed by atoms with Gasteiger partial charge >= 0.3 is 0 Å². The zero-order chi connectivity index (χ0) is 19.0. The molecule has 0 spiro atoms. The van der Waals surface area contributed by atoms with Gasteiger partial charge in [-0.3, -0.25) is 4.79 Å². The quantitative estimate of drug-likeness (QED) is 0.690. The van der Waals surface area contributed by atoms with Crippen molar-refractivity contribution in [2.75, 3.05) is 6.54 Å². The van der Waals surface area contributed by atoms with Crippen molar-refractivity contribution in [2.45, 2.75) is 45.6 Å². The number of carbonyl (C=O) groups excluding carboxylic acids is 1. The lowest BCUT2D eigenvalue weighted by atomic mass is 10.0. The van der Waals surface area contributed by atoms with Crippen molar-refractivity contribution in [3.8, 4) is 11.3 Å². The highest BCUT2D eigenvalue weighted by atomic mass is 16.5.